The lowest BCUT2D eigenvalue weighted by molar-refractivity contribution is -0.0179. The predicted octanol–water partition coefficient (Wildman–Crippen LogP) is 2.27. The normalized spacial score (nSPS) is 23.8. The van der Waals surface area contributed by atoms with E-state index in [-0.39, 0.29) is 0 Å². The minimum absolute atomic E-state index is 0.485. The molecule has 0 aromatic rings. The zero-order valence-corrected chi connectivity index (χ0v) is 10.1. The van der Waals surface area contributed by atoms with Crippen molar-refractivity contribution < 1.29 is 5.11 Å². The quantitative estimate of drug-likeness (QED) is 0.753. The second kappa shape index (κ2) is 4.63. The van der Waals surface area contributed by atoms with Crippen molar-refractivity contribution in [1.82, 2.24) is 4.90 Å². The van der Waals surface area contributed by atoms with Gasteiger partial charge in [-0.2, -0.15) is 0 Å². The third-order valence-corrected chi connectivity index (χ3v) is 3.74. The van der Waals surface area contributed by atoms with Crippen molar-refractivity contribution in [1.29, 1.82) is 0 Å². The summed E-state index contributed by atoms with van der Waals surface area (Å²) in [5.41, 5.74) is -0.485. The SMILES string of the molecule is CCC(C)N1CCC(C(C)(C)O)CC1. The van der Waals surface area contributed by atoms with E-state index in [0.29, 0.717) is 12.0 Å². The Labute approximate surface area is 88.3 Å². The highest BCUT2D eigenvalue weighted by atomic mass is 16.3. The van der Waals surface area contributed by atoms with E-state index in [4.69, 9.17) is 0 Å². The molecule has 0 aliphatic carbocycles. The van der Waals surface area contributed by atoms with E-state index in [1.165, 1.54) is 6.42 Å². The van der Waals surface area contributed by atoms with E-state index in [0.717, 1.165) is 25.9 Å². The monoisotopic (exact) mass is 199 g/mol. The van der Waals surface area contributed by atoms with E-state index in [1.807, 2.05) is 13.8 Å². The van der Waals surface area contributed by atoms with Crippen LogP contribution in [-0.2, 0) is 0 Å². The first-order valence-electron chi connectivity index (χ1n) is 5.91. The average molecular weight is 199 g/mol. The Bertz CT molecular complexity index is 166. The van der Waals surface area contributed by atoms with Crippen molar-refractivity contribution in [3.8, 4) is 0 Å². The first-order chi connectivity index (χ1) is 6.45. The van der Waals surface area contributed by atoms with Crippen LogP contribution in [0.4, 0.5) is 0 Å². The zero-order valence-electron chi connectivity index (χ0n) is 10.1. The van der Waals surface area contributed by atoms with E-state index in [2.05, 4.69) is 18.7 Å². The minimum Gasteiger partial charge on any atom is -0.390 e. The molecule has 0 bridgehead atoms. The molecule has 0 aromatic carbocycles. The number of piperidine rings is 1. The van der Waals surface area contributed by atoms with Gasteiger partial charge in [-0.1, -0.05) is 6.92 Å². The Morgan fingerprint density at radius 3 is 2.21 bits per heavy atom. The van der Waals surface area contributed by atoms with Crippen molar-refractivity contribution >= 4 is 0 Å². The minimum atomic E-state index is -0.485. The smallest absolute Gasteiger partial charge is 0.0620 e. The third kappa shape index (κ3) is 2.96. The first-order valence-corrected chi connectivity index (χ1v) is 5.91. The maximum Gasteiger partial charge on any atom is 0.0620 e. The van der Waals surface area contributed by atoms with Crippen LogP contribution in [0.15, 0.2) is 0 Å². The van der Waals surface area contributed by atoms with Gasteiger partial charge in [0, 0.05) is 6.04 Å². The molecule has 84 valence electrons. The Morgan fingerprint density at radius 2 is 1.86 bits per heavy atom. The molecule has 1 unspecified atom stereocenters. The van der Waals surface area contributed by atoms with Crippen LogP contribution < -0.4 is 0 Å². The van der Waals surface area contributed by atoms with Gasteiger partial charge in [0.15, 0.2) is 0 Å². The van der Waals surface area contributed by atoms with E-state index >= 15 is 0 Å². The van der Waals surface area contributed by atoms with Gasteiger partial charge in [-0.3, -0.25) is 0 Å². The molecule has 2 nitrogen and oxygen atoms in total. The summed E-state index contributed by atoms with van der Waals surface area (Å²) in [5.74, 6) is 0.489. The molecule has 0 amide bonds. The summed E-state index contributed by atoms with van der Waals surface area (Å²) in [6.45, 7) is 10.7. The molecule has 0 aromatic heterocycles. The summed E-state index contributed by atoms with van der Waals surface area (Å²) in [7, 11) is 0. The van der Waals surface area contributed by atoms with Gasteiger partial charge >= 0.3 is 0 Å². The van der Waals surface area contributed by atoms with Crippen molar-refractivity contribution in [3.05, 3.63) is 0 Å². The molecule has 0 saturated carbocycles. The van der Waals surface area contributed by atoms with Crippen LogP contribution in [0.1, 0.15) is 47.0 Å². The van der Waals surface area contributed by atoms with Gasteiger partial charge < -0.3 is 10.0 Å². The molecule has 1 fully saturated rings. The number of nitrogens with zero attached hydrogens (tertiary/aromatic N) is 1. The molecule has 1 N–H and O–H groups in total. The van der Waals surface area contributed by atoms with Crippen molar-refractivity contribution in [3.63, 3.8) is 0 Å². The summed E-state index contributed by atoms with van der Waals surface area (Å²) in [5, 5.41) is 9.91. The first kappa shape index (κ1) is 12.0. The summed E-state index contributed by atoms with van der Waals surface area (Å²) < 4.78 is 0. The van der Waals surface area contributed by atoms with Crippen LogP contribution in [0.25, 0.3) is 0 Å². The standard InChI is InChI=1S/C12H25NO/c1-5-10(2)13-8-6-11(7-9-13)12(3,4)14/h10-11,14H,5-9H2,1-4H3. The Morgan fingerprint density at radius 1 is 1.36 bits per heavy atom. The highest BCUT2D eigenvalue weighted by molar-refractivity contribution is 4.84. The molecule has 1 heterocycles. The maximum absolute atomic E-state index is 9.91. The molecule has 14 heavy (non-hydrogen) atoms. The Hall–Kier alpha value is -0.0800. The second-order valence-corrected chi connectivity index (χ2v) is 5.22. The highest BCUT2D eigenvalue weighted by Crippen LogP contribution is 2.28. The van der Waals surface area contributed by atoms with Crippen molar-refractivity contribution in [2.24, 2.45) is 5.92 Å². The molecule has 1 aliphatic rings. The van der Waals surface area contributed by atoms with Gasteiger partial charge in [0.25, 0.3) is 0 Å². The van der Waals surface area contributed by atoms with Crippen molar-refractivity contribution in [2.45, 2.75) is 58.6 Å². The number of likely N-dealkylation sites (tertiary alicyclic amines) is 1. The number of aliphatic hydroxyl groups is 1. The third-order valence-electron chi connectivity index (χ3n) is 3.74. The Kier molecular flexibility index (Phi) is 3.96. The lowest BCUT2D eigenvalue weighted by Gasteiger charge is -2.40. The highest BCUT2D eigenvalue weighted by Gasteiger charge is 2.31. The number of rotatable bonds is 3. The number of hydrogen-bond acceptors (Lipinski definition) is 2. The lowest BCUT2D eigenvalue weighted by Crippen LogP contribution is -2.44. The molecule has 2 heteroatoms. The maximum atomic E-state index is 9.91. The predicted molar refractivity (Wildman–Crippen MR) is 60.3 cm³/mol. The van der Waals surface area contributed by atoms with E-state index in [1.54, 1.807) is 0 Å². The molecular formula is C12H25NO. The van der Waals surface area contributed by atoms with Gasteiger partial charge in [-0.15, -0.1) is 0 Å². The van der Waals surface area contributed by atoms with Gasteiger partial charge in [-0.05, 0) is 59.0 Å². The fraction of sp³-hybridized carbons (Fsp3) is 1.00. The van der Waals surface area contributed by atoms with Gasteiger partial charge in [0.2, 0.25) is 0 Å². The fourth-order valence-corrected chi connectivity index (χ4v) is 2.30. The van der Waals surface area contributed by atoms with Crippen molar-refractivity contribution in [2.75, 3.05) is 13.1 Å². The number of hydrogen-bond donors (Lipinski definition) is 1. The largest absolute Gasteiger partial charge is 0.390 e. The van der Waals surface area contributed by atoms with Crippen LogP contribution in [0, 0.1) is 5.92 Å². The van der Waals surface area contributed by atoms with Crippen LogP contribution in [0.5, 0.6) is 0 Å². The summed E-state index contributed by atoms with van der Waals surface area (Å²) in [4.78, 5) is 2.54. The molecule has 0 radical (unpaired) electrons. The molecule has 1 saturated heterocycles. The van der Waals surface area contributed by atoms with Crippen LogP contribution in [0.2, 0.25) is 0 Å². The van der Waals surface area contributed by atoms with E-state index < -0.39 is 5.60 Å². The second-order valence-electron chi connectivity index (χ2n) is 5.22. The van der Waals surface area contributed by atoms with Crippen LogP contribution >= 0.6 is 0 Å². The lowest BCUT2D eigenvalue weighted by atomic mass is 9.83. The van der Waals surface area contributed by atoms with Gasteiger partial charge in [0.1, 0.15) is 0 Å². The fourth-order valence-electron chi connectivity index (χ4n) is 2.30. The van der Waals surface area contributed by atoms with Gasteiger partial charge in [-0.25, -0.2) is 0 Å². The summed E-state index contributed by atoms with van der Waals surface area (Å²) >= 11 is 0. The molecular weight excluding hydrogens is 174 g/mol. The molecule has 1 rings (SSSR count). The zero-order chi connectivity index (χ0) is 10.8. The van der Waals surface area contributed by atoms with Crippen LogP contribution in [0.3, 0.4) is 0 Å². The van der Waals surface area contributed by atoms with E-state index in [9.17, 15) is 5.11 Å². The molecule has 0 spiro atoms. The van der Waals surface area contributed by atoms with Crippen LogP contribution in [-0.4, -0.2) is 34.7 Å². The van der Waals surface area contributed by atoms with Gasteiger partial charge in [0.05, 0.1) is 5.60 Å². The molecule has 1 aliphatic heterocycles. The topological polar surface area (TPSA) is 23.5 Å². The Balaban J connectivity index is 2.39. The summed E-state index contributed by atoms with van der Waals surface area (Å²) in [6, 6.07) is 0.706. The summed E-state index contributed by atoms with van der Waals surface area (Å²) in [6.07, 6.45) is 3.52. The average Bonchev–Trinajstić information content (AvgIpc) is 2.15. The molecule has 1 atom stereocenters.